The number of benzene rings is 1. The number of nitrogens with zero attached hydrogens (tertiary/aromatic N) is 4. The minimum atomic E-state index is -3.37. The van der Waals surface area contributed by atoms with Gasteiger partial charge in [0.25, 0.3) is 0 Å². The monoisotopic (exact) mass is 578 g/mol. The fourth-order valence-corrected chi connectivity index (χ4v) is 4.96. The molecule has 1 saturated heterocycles. The van der Waals surface area contributed by atoms with Crippen LogP contribution in [0.1, 0.15) is 58.1 Å². The fraction of sp³-hybridized carbons (Fsp3) is 0.444. The highest BCUT2D eigenvalue weighted by Crippen LogP contribution is 2.31. The Kier molecular flexibility index (Phi) is 16.2. The molecule has 0 spiro atoms. The van der Waals surface area contributed by atoms with E-state index in [0.717, 1.165) is 30.0 Å². The number of sulfonamides is 1. The van der Waals surface area contributed by atoms with Crippen molar-refractivity contribution in [3.63, 3.8) is 0 Å². The van der Waals surface area contributed by atoms with Gasteiger partial charge in [-0.05, 0) is 67.8 Å². The van der Waals surface area contributed by atoms with Crippen molar-refractivity contribution in [3.8, 4) is 0 Å². The number of nitrogens with one attached hydrogen (secondary N) is 1. The average Bonchev–Trinajstić information content (AvgIpc) is 2.88. The summed E-state index contributed by atoms with van der Waals surface area (Å²) in [6.07, 6.45) is 13.3. The first kappa shape index (κ1) is 33.8. The molecule has 0 bridgehead atoms. The van der Waals surface area contributed by atoms with Gasteiger partial charge in [-0.3, -0.25) is 15.0 Å². The lowest BCUT2D eigenvalue weighted by molar-refractivity contribution is 0.246. The maximum atomic E-state index is 10.1. The third-order valence-corrected chi connectivity index (χ3v) is 7.01. The molecule has 38 heavy (non-hydrogen) atoms. The molecule has 3 N–H and O–H groups in total. The predicted molar refractivity (Wildman–Crippen MR) is 173 cm³/mol. The molecule has 4 atom stereocenters. The molecular weight excluding hydrogens is 534 g/mol. The number of aliphatic imine (C=N–C) groups is 3. The number of hydrogen-bond donors (Lipinski definition) is 2. The van der Waals surface area contributed by atoms with Crippen molar-refractivity contribution < 1.29 is 8.42 Å². The molecule has 0 aliphatic carbocycles. The van der Waals surface area contributed by atoms with Gasteiger partial charge in [-0.15, -0.1) is 25.1 Å². The molecule has 210 valence electrons. The third kappa shape index (κ3) is 12.6. The summed E-state index contributed by atoms with van der Waals surface area (Å²) in [7, 11) is 4.08. The normalized spacial score (nSPS) is 18.1. The van der Waals surface area contributed by atoms with Gasteiger partial charge in [-0.25, -0.2) is 13.6 Å². The Bertz CT molecular complexity index is 1150. The van der Waals surface area contributed by atoms with E-state index < -0.39 is 10.0 Å². The number of allylic oxidation sites excluding steroid dienone is 2. The van der Waals surface area contributed by atoms with Crippen LogP contribution in [0.15, 0.2) is 69.5 Å². The third-order valence-electron chi connectivity index (χ3n) is 5.56. The highest BCUT2D eigenvalue weighted by Gasteiger charge is 2.27. The highest BCUT2D eigenvalue weighted by molar-refractivity contribution is 7.92. The van der Waals surface area contributed by atoms with Crippen molar-refractivity contribution in [2.45, 2.75) is 58.5 Å². The van der Waals surface area contributed by atoms with E-state index >= 15 is 0 Å². The SMILES string of the molecule is C=CCN=C(NC=NC)C(C)N=C(/C=C\C)N1CCCC[C@@H]1c1cc(P)ccc1P.CC/C=C/S(N)(=O)=O. The number of piperidine rings is 1. The van der Waals surface area contributed by atoms with E-state index in [0.29, 0.717) is 19.0 Å². The Labute approximate surface area is 234 Å². The van der Waals surface area contributed by atoms with E-state index in [9.17, 15) is 8.42 Å². The fourth-order valence-electron chi connectivity index (χ4n) is 3.85. The minimum Gasteiger partial charge on any atom is -0.350 e. The first-order chi connectivity index (χ1) is 18.1. The van der Waals surface area contributed by atoms with E-state index in [2.05, 4.69) is 87.7 Å². The van der Waals surface area contributed by atoms with Gasteiger partial charge >= 0.3 is 0 Å². The van der Waals surface area contributed by atoms with Crippen LogP contribution in [0.4, 0.5) is 0 Å². The molecule has 3 unspecified atom stereocenters. The number of rotatable bonds is 9. The van der Waals surface area contributed by atoms with Crippen molar-refractivity contribution in [2.24, 2.45) is 20.1 Å². The number of nitrogens with two attached hydrogens (primary N) is 1. The van der Waals surface area contributed by atoms with Gasteiger partial charge in [0.2, 0.25) is 10.0 Å². The van der Waals surface area contributed by atoms with Crippen molar-refractivity contribution in [1.82, 2.24) is 10.2 Å². The lowest BCUT2D eigenvalue weighted by Crippen LogP contribution is -2.41. The van der Waals surface area contributed by atoms with Gasteiger partial charge in [0.1, 0.15) is 17.7 Å². The Morgan fingerprint density at radius 2 is 2.08 bits per heavy atom. The van der Waals surface area contributed by atoms with E-state index in [-0.39, 0.29) is 6.04 Å². The number of likely N-dealkylation sites (tertiary alicyclic amines) is 1. The second-order valence-corrected chi connectivity index (χ2v) is 11.4. The quantitative estimate of drug-likeness (QED) is 0.202. The summed E-state index contributed by atoms with van der Waals surface area (Å²) in [4.78, 5) is 16.1. The van der Waals surface area contributed by atoms with E-state index in [1.165, 1.54) is 35.1 Å². The van der Waals surface area contributed by atoms with Gasteiger partial charge in [0, 0.05) is 19.0 Å². The smallest absolute Gasteiger partial charge is 0.230 e. The van der Waals surface area contributed by atoms with Crippen LogP contribution in [0.2, 0.25) is 0 Å². The van der Waals surface area contributed by atoms with Crippen molar-refractivity contribution in [1.29, 1.82) is 0 Å². The topological polar surface area (TPSA) is 113 Å². The second kappa shape index (κ2) is 18.2. The summed E-state index contributed by atoms with van der Waals surface area (Å²) in [5.41, 5.74) is 1.36. The summed E-state index contributed by atoms with van der Waals surface area (Å²) < 4.78 is 20.2. The first-order valence-electron chi connectivity index (χ1n) is 12.7. The van der Waals surface area contributed by atoms with Crippen LogP contribution in [-0.2, 0) is 10.0 Å². The molecule has 0 amide bonds. The van der Waals surface area contributed by atoms with Crippen LogP contribution >= 0.6 is 18.5 Å². The molecule has 0 radical (unpaired) electrons. The second-order valence-electron chi connectivity index (χ2n) is 8.67. The van der Waals surface area contributed by atoms with Gasteiger partial charge in [0.05, 0.1) is 18.9 Å². The van der Waals surface area contributed by atoms with Crippen molar-refractivity contribution >= 4 is 57.1 Å². The highest BCUT2D eigenvalue weighted by atomic mass is 32.2. The van der Waals surface area contributed by atoms with Crippen LogP contribution < -0.4 is 21.1 Å². The maximum Gasteiger partial charge on any atom is 0.230 e. The molecule has 1 aliphatic heterocycles. The van der Waals surface area contributed by atoms with Gasteiger partial charge in [-0.1, -0.05) is 37.3 Å². The minimum absolute atomic E-state index is 0.125. The molecule has 11 heteroatoms. The molecule has 2 rings (SSSR count). The van der Waals surface area contributed by atoms with Crippen LogP contribution in [0.5, 0.6) is 0 Å². The Balaban J connectivity index is 0.000000781. The average molecular weight is 579 g/mol. The standard InChI is InChI=1S/C23H35N5P2.C4H9NO2S/c1-5-9-22(27-17(3)23(25-13-6-2)26-16-24-4)28-14-8-7-10-20(28)19-15-18(29)11-12-21(19)30;1-2-3-4-8(5,6)7/h5-6,9,11-12,15-17,20H,2,7-8,10,13-14,29-30H2,1,3-4H3,(H,24,25,26);3-4H,2H2,1H3,(H2,5,6,7)/b9-5-,27-22?;4-3+/t17?,20-;/m1./s1. The van der Waals surface area contributed by atoms with Gasteiger partial charge in [-0.2, -0.15) is 0 Å². The van der Waals surface area contributed by atoms with Gasteiger partial charge in [0.15, 0.2) is 0 Å². The maximum absolute atomic E-state index is 10.1. The number of amidine groups is 2. The molecule has 1 fully saturated rings. The van der Waals surface area contributed by atoms with E-state index in [1.54, 1.807) is 19.5 Å². The van der Waals surface area contributed by atoms with Crippen molar-refractivity contribution in [2.75, 3.05) is 20.1 Å². The molecule has 1 heterocycles. The lowest BCUT2D eigenvalue weighted by Gasteiger charge is -2.38. The van der Waals surface area contributed by atoms with Crippen molar-refractivity contribution in [3.05, 3.63) is 60.1 Å². The Hall–Kier alpha value is -2.18. The summed E-state index contributed by atoms with van der Waals surface area (Å²) in [6, 6.07) is 6.78. The number of hydrogen-bond acceptors (Lipinski definition) is 5. The summed E-state index contributed by atoms with van der Waals surface area (Å²) in [5, 5.41) is 11.2. The van der Waals surface area contributed by atoms with Crippen LogP contribution in [-0.4, -0.2) is 57.5 Å². The first-order valence-corrected chi connectivity index (χ1v) is 15.5. The molecule has 0 saturated carbocycles. The molecule has 8 nitrogen and oxygen atoms in total. The van der Waals surface area contributed by atoms with E-state index in [1.807, 2.05) is 13.8 Å². The summed E-state index contributed by atoms with van der Waals surface area (Å²) in [5.74, 6) is 1.78. The Morgan fingerprint density at radius 3 is 2.66 bits per heavy atom. The molecular formula is C27H44N6O2P2S. The summed E-state index contributed by atoms with van der Waals surface area (Å²) in [6.45, 7) is 11.2. The zero-order valence-corrected chi connectivity index (χ0v) is 26.2. The van der Waals surface area contributed by atoms with Crippen LogP contribution in [0.3, 0.4) is 0 Å². The zero-order valence-electron chi connectivity index (χ0n) is 23.0. The molecule has 1 aliphatic rings. The van der Waals surface area contributed by atoms with Crippen LogP contribution in [0.25, 0.3) is 0 Å². The summed E-state index contributed by atoms with van der Waals surface area (Å²) >= 11 is 0. The Morgan fingerprint density at radius 1 is 1.34 bits per heavy atom. The van der Waals surface area contributed by atoms with Crippen LogP contribution in [0, 0.1) is 0 Å². The molecule has 0 aromatic heterocycles. The van der Waals surface area contributed by atoms with E-state index in [4.69, 9.17) is 4.99 Å². The number of primary sulfonamides is 1. The molecule has 1 aromatic rings. The predicted octanol–water partition coefficient (Wildman–Crippen LogP) is 3.61. The lowest BCUT2D eigenvalue weighted by atomic mass is 9.94. The van der Waals surface area contributed by atoms with Gasteiger partial charge < -0.3 is 10.2 Å². The molecule has 1 aromatic carbocycles. The largest absolute Gasteiger partial charge is 0.350 e. The zero-order chi connectivity index (χ0) is 28.6.